The molecule has 7 heteroatoms. The summed E-state index contributed by atoms with van der Waals surface area (Å²) in [6, 6.07) is 4.48. The van der Waals surface area contributed by atoms with E-state index in [-0.39, 0.29) is 18.5 Å². The van der Waals surface area contributed by atoms with Crippen molar-refractivity contribution in [2.24, 2.45) is 0 Å². The van der Waals surface area contributed by atoms with E-state index in [1.807, 2.05) is 0 Å². The Morgan fingerprint density at radius 1 is 1.25 bits per heavy atom. The van der Waals surface area contributed by atoms with E-state index in [1.54, 1.807) is 6.07 Å². The summed E-state index contributed by atoms with van der Waals surface area (Å²) < 4.78 is 41.3. The molecule has 4 nitrogen and oxygen atoms in total. The average molecular weight is 287 g/mol. The first-order valence-corrected chi connectivity index (χ1v) is 5.94. The second kappa shape index (κ2) is 5.15. The fraction of sp³-hybridized carbons (Fsp3) is 0.385. The number of Topliss-reactive ketones (excluding diaryl/α,β-unsaturated/α-hetero) is 1. The third-order valence-corrected chi connectivity index (χ3v) is 3.02. The molecular formula is C13H12F3NO3. The molecule has 0 unspecified atom stereocenters. The van der Waals surface area contributed by atoms with Crippen LogP contribution in [-0.4, -0.2) is 31.5 Å². The van der Waals surface area contributed by atoms with Crippen LogP contribution in [0.5, 0.6) is 5.75 Å². The summed E-state index contributed by atoms with van der Waals surface area (Å²) in [6.07, 6.45) is -5.50. The molecule has 0 aromatic heterocycles. The lowest BCUT2D eigenvalue weighted by atomic mass is 10.1. The zero-order valence-corrected chi connectivity index (χ0v) is 10.7. The Labute approximate surface area is 113 Å². The van der Waals surface area contributed by atoms with Crippen molar-refractivity contribution in [3.63, 3.8) is 0 Å². The number of benzene rings is 1. The Kier molecular flexibility index (Phi) is 3.69. The second-order valence-corrected chi connectivity index (χ2v) is 4.39. The van der Waals surface area contributed by atoms with E-state index in [1.165, 1.54) is 19.2 Å². The van der Waals surface area contributed by atoms with E-state index in [0.29, 0.717) is 11.4 Å². The molecule has 1 aromatic carbocycles. The van der Waals surface area contributed by atoms with Gasteiger partial charge in [0.1, 0.15) is 5.75 Å². The molecule has 1 aromatic rings. The van der Waals surface area contributed by atoms with Crippen molar-refractivity contribution in [2.45, 2.75) is 19.0 Å². The van der Waals surface area contributed by atoms with Crippen molar-refractivity contribution >= 4 is 17.4 Å². The maximum Gasteiger partial charge on any atom is 0.389 e. The van der Waals surface area contributed by atoms with Gasteiger partial charge in [0.15, 0.2) is 0 Å². The molecule has 0 radical (unpaired) electrons. The minimum absolute atomic E-state index is 0.136. The van der Waals surface area contributed by atoms with Crippen molar-refractivity contribution < 1.29 is 27.5 Å². The maximum absolute atomic E-state index is 12.1. The van der Waals surface area contributed by atoms with Crippen molar-refractivity contribution in [2.75, 3.05) is 18.6 Å². The van der Waals surface area contributed by atoms with Crippen LogP contribution in [0.3, 0.4) is 0 Å². The number of ketones is 1. The van der Waals surface area contributed by atoms with Crippen LogP contribution in [0, 0.1) is 0 Å². The van der Waals surface area contributed by atoms with Crippen molar-refractivity contribution in [1.29, 1.82) is 0 Å². The van der Waals surface area contributed by atoms with Crippen LogP contribution in [0.4, 0.5) is 18.9 Å². The van der Waals surface area contributed by atoms with Crippen LogP contribution in [0.2, 0.25) is 0 Å². The molecular weight excluding hydrogens is 275 g/mol. The molecule has 0 fully saturated rings. The van der Waals surface area contributed by atoms with Crippen molar-refractivity contribution in [3.05, 3.63) is 23.8 Å². The molecule has 1 heterocycles. The van der Waals surface area contributed by atoms with Crippen LogP contribution in [-0.2, 0) is 4.79 Å². The van der Waals surface area contributed by atoms with Crippen LogP contribution < -0.4 is 9.64 Å². The predicted octanol–water partition coefficient (Wildman–Crippen LogP) is 2.57. The standard InChI is InChI=1S/C13H12F3NO3/c1-20-8-3-4-10-9(7-8)11(18)12(19)17(10)6-2-5-13(14,15)16/h3-4,7H,2,5-6H2,1H3. The van der Waals surface area contributed by atoms with Gasteiger partial charge in [-0.25, -0.2) is 0 Å². The number of hydrogen-bond donors (Lipinski definition) is 0. The summed E-state index contributed by atoms with van der Waals surface area (Å²) in [6.45, 7) is -0.136. The number of carbonyl (C=O) groups excluding carboxylic acids is 2. The maximum atomic E-state index is 12.1. The van der Waals surface area contributed by atoms with Gasteiger partial charge in [0.2, 0.25) is 0 Å². The van der Waals surface area contributed by atoms with Crippen LogP contribution >= 0.6 is 0 Å². The topological polar surface area (TPSA) is 46.6 Å². The van der Waals surface area contributed by atoms with Gasteiger partial charge in [0.05, 0.1) is 18.4 Å². The Bertz CT molecular complexity index is 554. The summed E-state index contributed by atoms with van der Waals surface area (Å²) in [5.41, 5.74) is 0.504. The first kappa shape index (κ1) is 14.4. The zero-order valence-electron chi connectivity index (χ0n) is 10.7. The van der Waals surface area contributed by atoms with Crippen LogP contribution in [0.1, 0.15) is 23.2 Å². The van der Waals surface area contributed by atoms with E-state index in [9.17, 15) is 22.8 Å². The summed E-state index contributed by atoms with van der Waals surface area (Å²) >= 11 is 0. The third-order valence-electron chi connectivity index (χ3n) is 3.02. The van der Waals surface area contributed by atoms with Gasteiger partial charge in [-0.15, -0.1) is 0 Å². The molecule has 0 saturated carbocycles. The minimum atomic E-state index is -4.27. The lowest BCUT2D eigenvalue weighted by Gasteiger charge is -2.17. The van der Waals surface area contributed by atoms with Gasteiger partial charge in [-0.3, -0.25) is 9.59 Å². The zero-order chi connectivity index (χ0) is 14.9. The number of alkyl halides is 3. The SMILES string of the molecule is COc1ccc2c(c1)C(=O)C(=O)N2CCCC(F)(F)F. The summed E-state index contributed by atoms with van der Waals surface area (Å²) in [5, 5.41) is 0. The summed E-state index contributed by atoms with van der Waals surface area (Å²) in [5.74, 6) is -1.09. The van der Waals surface area contributed by atoms with Crippen molar-refractivity contribution in [3.8, 4) is 5.75 Å². The summed E-state index contributed by atoms with van der Waals surface area (Å²) in [7, 11) is 1.42. The molecule has 108 valence electrons. The number of methoxy groups -OCH3 is 1. The Morgan fingerprint density at radius 2 is 1.95 bits per heavy atom. The van der Waals surface area contributed by atoms with Gasteiger partial charge in [0, 0.05) is 13.0 Å². The first-order valence-electron chi connectivity index (χ1n) is 5.94. The largest absolute Gasteiger partial charge is 0.497 e. The lowest BCUT2D eigenvalue weighted by molar-refractivity contribution is -0.135. The normalized spacial score (nSPS) is 14.7. The fourth-order valence-electron chi connectivity index (χ4n) is 2.07. The lowest BCUT2D eigenvalue weighted by Crippen LogP contribution is -2.31. The monoisotopic (exact) mass is 287 g/mol. The Balaban J connectivity index is 2.17. The van der Waals surface area contributed by atoms with E-state index in [0.717, 1.165) is 4.90 Å². The first-order chi connectivity index (χ1) is 9.33. The van der Waals surface area contributed by atoms with Crippen LogP contribution in [0.25, 0.3) is 0 Å². The van der Waals surface area contributed by atoms with Gasteiger partial charge in [-0.1, -0.05) is 0 Å². The highest BCUT2D eigenvalue weighted by Gasteiger charge is 2.36. The molecule has 1 aliphatic rings. The molecule has 0 spiro atoms. The number of halogens is 3. The quantitative estimate of drug-likeness (QED) is 0.800. The van der Waals surface area contributed by atoms with Gasteiger partial charge >= 0.3 is 6.18 Å². The Morgan fingerprint density at radius 3 is 2.55 bits per heavy atom. The van der Waals surface area contributed by atoms with Gasteiger partial charge in [-0.2, -0.15) is 13.2 Å². The number of carbonyl (C=O) groups is 2. The highest BCUT2D eigenvalue weighted by molar-refractivity contribution is 6.52. The van der Waals surface area contributed by atoms with Gasteiger partial charge in [0.25, 0.3) is 11.7 Å². The van der Waals surface area contributed by atoms with E-state index < -0.39 is 24.3 Å². The average Bonchev–Trinajstić information content (AvgIpc) is 2.62. The second-order valence-electron chi connectivity index (χ2n) is 4.39. The van der Waals surface area contributed by atoms with Gasteiger partial charge < -0.3 is 9.64 Å². The number of rotatable bonds is 4. The fourth-order valence-corrected chi connectivity index (χ4v) is 2.07. The Hall–Kier alpha value is -2.05. The highest BCUT2D eigenvalue weighted by Crippen LogP contribution is 2.32. The number of ether oxygens (including phenoxy) is 1. The molecule has 0 saturated heterocycles. The number of fused-ring (bicyclic) bond motifs is 1. The molecule has 0 atom stereocenters. The molecule has 0 aliphatic carbocycles. The predicted molar refractivity (Wildman–Crippen MR) is 65.0 cm³/mol. The molecule has 1 aliphatic heterocycles. The summed E-state index contributed by atoms with van der Waals surface area (Å²) in [4.78, 5) is 24.6. The molecule has 2 rings (SSSR count). The molecule has 1 amide bonds. The highest BCUT2D eigenvalue weighted by atomic mass is 19.4. The number of amides is 1. The van der Waals surface area contributed by atoms with E-state index in [4.69, 9.17) is 4.74 Å². The van der Waals surface area contributed by atoms with Gasteiger partial charge in [-0.05, 0) is 24.6 Å². The smallest absolute Gasteiger partial charge is 0.389 e. The number of nitrogens with zero attached hydrogens (tertiary/aromatic N) is 1. The van der Waals surface area contributed by atoms with E-state index in [2.05, 4.69) is 0 Å². The van der Waals surface area contributed by atoms with Crippen LogP contribution in [0.15, 0.2) is 18.2 Å². The number of hydrogen-bond acceptors (Lipinski definition) is 3. The third kappa shape index (κ3) is 2.76. The minimum Gasteiger partial charge on any atom is -0.497 e. The number of anilines is 1. The molecule has 0 N–H and O–H groups in total. The molecule has 20 heavy (non-hydrogen) atoms. The van der Waals surface area contributed by atoms with E-state index >= 15 is 0 Å². The van der Waals surface area contributed by atoms with Crippen molar-refractivity contribution in [1.82, 2.24) is 0 Å². The molecule has 0 bridgehead atoms.